The van der Waals surface area contributed by atoms with E-state index >= 15 is 0 Å². The molecule has 2 aromatic rings. The first-order valence-corrected chi connectivity index (χ1v) is 6.67. The fourth-order valence-electron chi connectivity index (χ4n) is 1.35. The predicted molar refractivity (Wildman–Crippen MR) is 77.4 cm³/mol. The second-order valence-electron chi connectivity index (χ2n) is 3.54. The Morgan fingerprint density at radius 1 is 1.47 bits per heavy atom. The molecule has 0 unspecified atom stereocenters. The molecule has 0 aliphatic carbocycles. The average molecular weight is 296 g/mol. The highest BCUT2D eigenvalue weighted by Crippen LogP contribution is 2.22. The van der Waals surface area contributed by atoms with E-state index in [4.69, 9.17) is 16.6 Å². The molecule has 0 radical (unpaired) electrons. The molecule has 2 rings (SSSR count). The Morgan fingerprint density at radius 2 is 2.32 bits per heavy atom. The van der Waals surface area contributed by atoms with Crippen LogP contribution >= 0.6 is 23.6 Å². The summed E-state index contributed by atoms with van der Waals surface area (Å²) >= 11 is 6.42. The Labute approximate surface area is 119 Å². The molecule has 100 valence electrons. The van der Waals surface area contributed by atoms with Crippen molar-refractivity contribution in [3.05, 3.63) is 41.2 Å². The van der Waals surface area contributed by atoms with Gasteiger partial charge in [-0.15, -0.1) is 11.3 Å². The minimum Gasteiger partial charge on any atom is -0.467 e. The molecule has 2 heterocycles. The van der Waals surface area contributed by atoms with Crippen LogP contribution in [0.15, 0.2) is 34.9 Å². The molecule has 0 aliphatic rings. The first kappa shape index (κ1) is 13.6. The van der Waals surface area contributed by atoms with E-state index in [0.717, 1.165) is 10.8 Å². The molecule has 0 aromatic carbocycles. The van der Waals surface area contributed by atoms with Gasteiger partial charge in [0.05, 0.1) is 24.9 Å². The Balaban J connectivity index is 1.85. The average Bonchev–Trinajstić information content (AvgIpc) is 3.06. The fourth-order valence-corrected chi connectivity index (χ4v) is 2.43. The van der Waals surface area contributed by atoms with Crippen LogP contribution in [0.25, 0.3) is 0 Å². The maximum absolute atomic E-state index is 11.3. The van der Waals surface area contributed by atoms with Gasteiger partial charge in [-0.2, -0.15) is 0 Å². The number of hydrogen-bond donors (Lipinski definition) is 2. The number of thiocarbonyl (C=S) groups is 1. The summed E-state index contributed by atoms with van der Waals surface area (Å²) in [6.07, 6.45) is 1.61. The molecule has 0 spiro atoms. The predicted octanol–water partition coefficient (Wildman–Crippen LogP) is 2.61. The number of carbonyl (C=O) groups excluding carboxylic acids is 1. The van der Waals surface area contributed by atoms with Crippen molar-refractivity contribution in [2.75, 3.05) is 12.4 Å². The summed E-state index contributed by atoms with van der Waals surface area (Å²) in [6, 6.07) is 7.14. The molecular weight excluding hydrogens is 284 g/mol. The molecule has 0 saturated carbocycles. The third-order valence-electron chi connectivity index (χ3n) is 2.23. The molecule has 19 heavy (non-hydrogen) atoms. The molecular formula is C12H12N2O3S2. The molecule has 2 aromatic heterocycles. The van der Waals surface area contributed by atoms with Crippen LogP contribution in [0.3, 0.4) is 0 Å². The van der Waals surface area contributed by atoms with Crippen molar-refractivity contribution in [3.8, 4) is 0 Å². The SMILES string of the molecule is COC(=O)c1ccc(NC(=S)NCc2ccco2)s1. The van der Waals surface area contributed by atoms with Gasteiger partial charge in [0, 0.05) is 0 Å². The number of anilines is 1. The van der Waals surface area contributed by atoms with Gasteiger partial charge < -0.3 is 19.8 Å². The molecule has 5 nitrogen and oxygen atoms in total. The summed E-state index contributed by atoms with van der Waals surface area (Å²) in [6.45, 7) is 0.508. The Morgan fingerprint density at radius 3 is 3.00 bits per heavy atom. The highest BCUT2D eigenvalue weighted by molar-refractivity contribution is 7.80. The van der Waals surface area contributed by atoms with E-state index in [1.165, 1.54) is 18.4 Å². The zero-order chi connectivity index (χ0) is 13.7. The zero-order valence-electron chi connectivity index (χ0n) is 10.1. The minimum absolute atomic E-state index is 0.354. The van der Waals surface area contributed by atoms with Crippen LogP contribution in [0.1, 0.15) is 15.4 Å². The summed E-state index contributed by atoms with van der Waals surface area (Å²) in [5.41, 5.74) is 0. The van der Waals surface area contributed by atoms with Gasteiger partial charge in [-0.1, -0.05) is 0 Å². The first-order chi connectivity index (χ1) is 9.19. The van der Waals surface area contributed by atoms with E-state index in [1.807, 2.05) is 12.1 Å². The van der Waals surface area contributed by atoms with Gasteiger partial charge in [-0.05, 0) is 36.5 Å². The van der Waals surface area contributed by atoms with Gasteiger partial charge in [0.2, 0.25) is 0 Å². The molecule has 0 amide bonds. The van der Waals surface area contributed by atoms with Gasteiger partial charge >= 0.3 is 5.97 Å². The van der Waals surface area contributed by atoms with Crippen LogP contribution in [-0.4, -0.2) is 18.2 Å². The number of ether oxygens (including phenoxy) is 1. The molecule has 7 heteroatoms. The monoisotopic (exact) mass is 296 g/mol. The topological polar surface area (TPSA) is 63.5 Å². The summed E-state index contributed by atoms with van der Waals surface area (Å²) in [7, 11) is 1.35. The number of hydrogen-bond acceptors (Lipinski definition) is 5. The number of furan rings is 1. The second kappa shape index (κ2) is 6.35. The minimum atomic E-state index is -0.354. The molecule has 2 N–H and O–H groups in total. The lowest BCUT2D eigenvalue weighted by atomic mass is 10.4. The Hall–Kier alpha value is -1.86. The summed E-state index contributed by atoms with van der Waals surface area (Å²) in [5.74, 6) is 0.443. The standard InChI is InChI=1S/C12H12N2O3S2/c1-16-11(15)9-4-5-10(19-9)14-12(18)13-7-8-3-2-6-17-8/h2-6H,7H2,1H3,(H2,13,14,18). The smallest absolute Gasteiger partial charge is 0.348 e. The highest BCUT2D eigenvalue weighted by atomic mass is 32.1. The van der Waals surface area contributed by atoms with Crippen molar-refractivity contribution < 1.29 is 13.9 Å². The number of carbonyl (C=O) groups is 1. The third kappa shape index (κ3) is 3.80. The van der Waals surface area contributed by atoms with Gasteiger partial charge in [0.15, 0.2) is 5.11 Å². The van der Waals surface area contributed by atoms with Crippen LogP contribution < -0.4 is 10.6 Å². The van der Waals surface area contributed by atoms with Crippen LogP contribution in [-0.2, 0) is 11.3 Å². The number of methoxy groups -OCH3 is 1. The summed E-state index contributed by atoms with van der Waals surface area (Å²) < 4.78 is 9.81. The number of nitrogens with one attached hydrogen (secondary N) is 2. The number of rotatable bonds is 4. The number of thiophene rings is 1. The van der Waals surface area contributed by atoms with Crippen LogP contribution in [0.5, 0.6) is 0 Å². The van der Waals surface area contributed by atoms with Crippen molar-refractivity contribution in [1.29, 1.82) is 0 Å². The van der Waals surface area contributed by atoms with Crippen molar-refractivity contribution in [2.45, 2.75) is 6.54 Å². The van der Waals surface area contributed by atoms with E-state index in [1.54, 1.807) is 18.4 Å². The fraction of sp³-hybridized carbons (Fsp3) is 0.167. The Kier molecular flexibility index (Phi) is 4.53. The van der Waals surface area contributed by atoms with Crippen molar-refractivity contribution in [2.24, 2.45) is 0 Å². The number of esters is 1. The maximum atomic E-state index is 11.3. The highest BCUT2D eigenvalue weighted by Gasteiger charge is 2.09. The molecule has 0 atom stereocenters. The first-order valence-electron chi connectivity index (χ1n) is 5.44. The van der Waals surface area contributed by atoms with Crippen molar-refractivity contribution in [3.63, 3.8) is 0 Å². The Bertz CT molecular complexity index is 563. The van der Waals surface area contributed by atoms with Crippen LogP contribution in [0.2, 0.25) is 0 Å². The molecule has 0 aliphatic heterocycles. The van der Waals surface area contributed by atoms with E-state index in [-0.39, 0.29) is 5.97 Å². The lowest BCUT2D eigenvalue weighted by Gasteiger charge is -2.07. The van der Waals surface area contributed by atoms with Crippen molar-refractivity contribution >= 4 is 39.6 Å². The molecule has 0 fully saturated rings. The quantitative estimate of drug-likeness (QED) is 0.668. The molecule has 0 saturated heterocycles. The van der Waals surface area contributed by atoms with Gasteiger partial charge in [-0.3, -0.25) is 0 Å². The van der Waals surface area contributed by atoms with Gasteiger partial charge in [-0.25, -0.2) is 4.79 Å². The second-order valence-corrected chi connectivity index (χ2v) is 5.03. The lowest BCUT2D eigenvalue weighted by Crippen LogP contribution is -2.27. The summed E-state index contributed by atoms with van der Waals surface area (Å²) in [4.78, 5) is 11.8. The van der Waals surface area contributed by atoms with E-state index < -0.39 is 0 Å². The van der Waals surface area contributed by atoms with E-state index in [9.17, 15) is 4.79 Å². The van der Waals surface area contributed by atoms with Crippen LogP contribution in [0.4, 0.5) is 5.00 Å². The zero-order valence-corrected chi connectivity index (χ0v) is 11.8. The van der Waals surface area contributed by atoms with Crippen LogP contribution in [0, 0.1) is 0 Å². The van der Waals surface area contributed by atoms with E-state index in [2.05, 4.69) is 15.4 Å². The maximum Gasteiger partial charge on any atom is 0.348 e. The molecule has 0 bridgehead atoms. The third-order valence-corrected chi connectivity index (χ3v) is 3.46. The largest absolute Gasteiger partial charge is 0.467 e. The van der Waals surface area contributed by atoms with Gasteiger partial charge in [0.25, 0.3) is 0 Å². The summed E-state index contributed by atoms with van der Waals surface area (Å²) in [5, 5.41) is 7.24. The van der Waals surface area contributed by atoms with E-state index in [0.29, 0.717) is 16.5 Å². The van der Waals surface area contributed by atoms with Gasteiger partial charge in [0.1, 0.15) is 10.6 Å². The normalized spacial score (nSPS) is 9.95. The lowest BCUT2D eigenvalue weighted by molar-refractivity contribution is 0.0606. The van der Waals surface area contributed by atoms with Crippen molar-refractivity contribution in [1.82, 2.24) is 5.32 Å².